The third-order valence-corrected chi connectivity index (χ3v) is 24.8. The molecule has 6 heterocycles. The van der Waals surface area contributed by atoms with Gasteiger partial charge in [-0.25, -0.2) is 0 Å². The van der Waals surface area contributed by atoms with Crippen LogP contribution in [0.25, 0.3) is 0 Å². The molecule has 0 fully saturated rings. The lowest BCUT2D eigenvalue weighted by Crippen LogP contribution is -2.65. The molecule has 0 amide bonds. The normalized spacial score (nSPS) is 13.1. The molecular weight excluding hydrogens is 1390 g/mol. The van der Waals surface area contributed by atoms with Gasteiger partial charge in [-0.2, -0.15) is 0 Å². The standard InChI is InChI=1S/C102H82B3N5O4/c1-59-29-23-30-60(2)97(59)108(98-61(3)31-24-32-62(98)4)73-49-84-94-85(50-73)107(72-43-17-14-18-44-72)83-58-89-81(104-77-46-20-22-48-87(77)112-91-52-75(54-93(114-89)96(91)104)110(101-67(9)37-27-38-68(101)10)102-69(11)39-28-40-70(102)12)56-79(83)105(94)78-55-80-88(57-82(78)106(84)71-41-15-13-16-42-71)113-92-53-74(51-90-95(92)103(80)76-45-19-21-47-86(76)111-90)109(99-63(5)33-25-34-64(99)6)100-65(7)35-26-36-66(100)8/h13-58H,1-12H3. The van der Waals surface area contributed by atoms with Gasteiger partial charge in [-0.3, -0.25) is 0 Å². The van der Waals surface area contributed by atoms with Crippen LogP contribution >= 0.6 is 0 Å². The van der Waals surface area contributed by atoms with Gasteiger partial charge in [0.05, 0.1) is 51.2 Å². The SMILES string of the molecule is Cc1cccc(C)c1N(c1cc2c3c(c1)Oc1cc4c(cc1B3c1ccccc1O2)B1c2cc3c(cc2N(c2ccccc2)c2cc(N(c5c(C)cccc5C)c5c(C)cccc5C)cc(c21)N4c1ccccc1)Oc1cc(N(c2c(C)cccc2C)c2c(C)cccc2C)cc2c1B3c1ccccc1O2)c1c(C)cccc1C. The van der Waals surface area contributed by atoms with Crippen molar-refractivity contribution >= 4 is 155 Å². The Hall–Kier alpha value is -13.3. The summed E-state index contributed by atoms with van der Waals surface area (Å²) in [7, 11) is 0. The molecule has 0 aliphatic carbocycles. The zero-order valence-electron chi connectivity index (χ0n) is 66.2. The summed E-state index contributed by atoms with van der Waals surface area (Å²) in [6, 6.07) is 103. The molecule has 15 aromatic carbocycles. The zero-order chi connectivity index (χ0) is 77.4. The second-order valence-electron chi connectivity index (χ2n) is 32.1. The quantitative estimate of drug-likeness (QED) is 0.118. The van der Waals surface area contributed by atoms with E-state index in [0.29, 0.717) is 0 Å². The van der Waals surface area contributed by atoms with E-state index in [1.54, 1.807) is 0 Å². The van der Waals surface area contributed by atoms with Crippen LogP contribution in [0.15, 0.2) is 279 Å². The summed E-state index contributed by atoms with van der Waals surface area (Å²) in [6.07, 6.45) is 0. The number of hydrogen-bond donors (Lipinski definition) is 0. The topological polar surface area (TPSA) is 53.1 Å². The summed E-state index contributed by atoms with van der Waals surface area (Å²) in [6.45, 7) is 25.8. The van der Waals surface area contributed by atoms with Gasteiger partial charge in [-0.15, -0.1) is 0 Å². The van der Waals surface area contributed by atoms with Crippen molar-refractivity contribution in [2.24, 2.45) is 0 Å². The largest absolute Gasteiger partial charge is 0.458 e. The maximum atomic E-state index is 7.84. The van der Waals surface area contributed by atoms with Gasteiger partial charge in [0, 0.05) is 81.4 Å². The smallest absolute Gasteiger partial charge is 0.260 e. The molecule has 114 heavy (non-hydrogen) atoms. The molecule has 12 heteroatoms. The minimum atomic E-state index is -0.374. The Morgan fingerprint density at radius 3 is 0.754 bits per heavy atom. The second kappa shape index (κ2) is 26.2. The zero-order valence-corrected chi connectivity index (χ0v) is 66.2. The van der Waals surface area contributed by atoms with E-state index >= 15 is 0 Å². The van der Waals surface area contributed by atoms with Crippen LogP contribution in [0.5, 0.6) is 46.0 Å². The molecule has 0 atom stereocenters. The molecule has 0 radical (unpaired) electrons. The third-order valence-electron chi connectivity index (χ3n) is 24.8. The first-order valence-corrected chi connectivity index (χ1v) is 39.8. The fourth-order valence-corrected chi connectivity index (χ4v) is 20.0. The van der Waals surface area contributed by atoms with E-state index in [4.69, 9.17) is 18.9 Å². The van der Waals surface area contributed by atoms with Gasteiger partial charge in [0.1, 0.15) is 46.0 Å². The summed E-state index contributed by atoms with van der Waals surface area (Å²) in [5.74, 6) is 6.23. The van der Waals surface area contributed by atoms with Crippen molar-refractivity contribution in [3.63, 3.8) is 0 Å². The molecule has 15 aromatic rings. The number of fused-ring (bicyclic) bond motifs is 12. The van der Waals surface area contributed by atoms with E-state index in [-0.39, 0.29) is 20.1 Å². The van der Waals surface area contributed by atoms with Gasteiger partial charge in [0.15, 0.2) is 0 Å². The lowest BCUT2D eigenvalue weighted by atomic mass is 9.29. The number of anilines is 15. The molecule has 0 unspecified atom stereocenters. The number of aryl methyl sites for hydroxylation is 12. The lowest BCUT2D eigenvalue weighted by molar-refractivity contribution is 0.464. The molecule has 0 saturated carbocycles. The van der Waals surface area contributed by atoms with Crippen LogP contribution < -0.4 is 92.6 Å². The molecular formula is C102H82B3N5O4. The van der Waals surface area contributed by atoms with Crippen molar-refractivity contribution < 1.29 is 18.9 Å². The van der Waals surface area contributed by atoms with E-state index in [9.17, 15) is 0 Å². The highest BCUT2D eigenvalue weighted by Crippen LogP contribution is 2.54. The first-order chi connectivity index (χ1) is 55.5. The lowest BCUT2D eigenvalue weighted by Gasteiger charge is -2.46. The van der Waals surface area contributed by atoms with E-state index in [1.807, 2.05) is 0 Å². The fraction of sp³-hybridized carbons (Fsp3) is 0.118. The highest BCUT2D eigenvalue weighted by atomic mass is 16.5. The van der Waals surface area contributed by atoms with Crippen LogP contribution in [0.3, 0.4) is 0 Å². The van der Waals surface area contributed by atoms with Gasteiger partial charge in [-0.05, 0) is 237 Å². The van der Waals surface area contributed by atoms with Gasteiger partial charge in [-0.1, -0.05) is 194 Å². The van der Waals surface area contributed by atoms with E-state index in [1.165, 1.54) is 72.2 Å². The van der Waals surface area contributed by atoms with Gasteiger partial charge < -0.3 is 43.4 Å². The fourth-order valence-electron chi connectivity index (χ4n) is 20.0. The van der Waals surface area contributed by atoms with Crippen molar-refractivity contribution in [2.45, 2.75) is 83.1 Å². The van der Waals surface area contributed by atoms with Crippen molar-refractivity contribution in [1.82, 2.24) is 0 Å². The van der Waals surface area contributed by atoms with Crippen LogP contribution in [0.1, 0.15) is 66.8 Å². The molecule has 0 saturated heterocycles. The molecule has 21 rings (SSSR count). The Labute approximate surface area is 668 Å². The summed E-state index contributed by atoms with van der Waals surface area (Å²) in [4.78, 5) is 12.5. The summed E-state index contributed by atoms with van der Waals surface area (Å²) in [5.41, 5.74) is 39.6. The number of ether oxygens (including phenoxy) is 4. The van der Waals surface area contributed by atoms with Crippen molar-refractivity contribution in [3.05, 3.63) is 346 Å². The first kappa shape index (κ1) is 68.7. The van der Waals surface area contributed by atoms with Gasteiger partial charge in [0.25, 0.3) is 20.1 Å². The second-order valence-corrected chi connectivity index (χ2v) is 32.1. The molecule has 6 aliphatic heterocycles. The first-order valence-electron chi connectivity index (χ1n) is 39.8. The highest BCUT2D eigenvalue weighted by Gasteiger charge is 2.50. The Morgan fingerprint density at radius 1 is 0.202 bits per heavy atom. The Balaban J connectivity index is 0.854. The summed E-state index contributed by atoms with van der Waals surface area (Å²) >= 11 is 0. The number of rotatable bonds is 11. The highest BCUT2D eigenvalue weighted by molar-refractivity contribution is 7.03. The van der Waals surface area contributed by atoms with Gasteiger partial charge >= 0.3 is 0 Å². The Kier molecular flexibility index (Phi) is 15.8. The number of benzene rings is 15. The number of hydrogen-bond acceptors (Lipinski definition) is 9. The van der Waals surface area contributed by atoms with E-state index in [2.05, 4.69) is 387 Å². The molecule has 0 N–H and O–H groups in total. The minimum Gasteiger partial charge on any atom is -0.458 e. The molecule has 0 spiro atoms. The third kappa shape index (κ3) is 10.4. The molecule has 6 aliphatic rings. The van der Waals surface area contributed by atoms with Crippen LogP contribution in [0.4, 0.5) is 85.3 Å². The van der Waals surface area contributed by atoms with E-state index in [0.717, 1.165) is 175 Å². The average Bonchev–Trinajstić information content (AvgIpc) is 0.681. The van der Waals surface area contributed by atoms with Crippen molar-refractivity contribution in [2.75, 3.05) is 24.5 Å². The maximum absolute atomic E-state index is 7.84. The monoisotopic (exact) mass is 1470 g/mol. The molecule has 548 valence electrons. The minimum absolute atomic E-state index is 0.284. The molecule has 0 bridgehead atoms. The van der Waals surface area contributed by atoms with E-state index < -0.39 is 0 Å². The Bertz CT molecular complexity index is 6000. The van der Waals surface area contributed by atoms with Crippen LogP contribution in [0, 0.1) is 83.1 Å². The predicted molar refractivity (Wildman–Crippen MR) is 477 cm³/mol. The molecule has 9 nitrogen and oxygen atoms in total. The Morgan fingerprint density at radius 2 is 0.456 bits per heavy atom. The van der Waals surface area contributed by atoms with Gasteiger partial charge in [0.2, 0.25) is 0 Å². The average molecular weight is 1470 g/mol. The number of nitrogens with zero attached hydrogens (tertiary/aromatic N) is 5. The maximum Gasteiger partial charge on any atom is 0.260 e. The van der Waals surface area contributed by atoms with Crippen molar-refractivity contribution in [1.29, 1.82) is 0 Å². The van der Waals surface area contributed by atoms with Crippen LogP contribution in [-0.2, 0) is 0 Å². The summed E-state index contributed by atoms with van der Waals surface area (Å²) < 4.78 is 30.3. The number of para-hydroxylation sites is 10. The van der Waals surface area contributed by atoms with Crippen molar-refractivity contribution in [3.8, 4) is 46.0 Å². The predicted octanol–water partition coefficient (Wildman–Crippen LogP) is 21.3. The summed E-state index contributed by atoms with van der Waals surface area (Å²) in [5, 5.41) is 0. The van der Waals surface area contributed by atoms with Crippen LogP contribution in [-0.4, -0.2) is 20.1 Å². The van der Waals surface area contributed by atoms with Crippen LogP contribution in [0.2, 0.25) is 0 Å². The molecule has 0 aromatic heterocycles.